The van der Waals surface area contributed by atoms with E-state index in [0.29, 0.717) is 5.56 Å². The molecule has 3 heterocycles. The maximum Gasteiger partial charge on any atom is 0.373 e. The van der Waals surface area contributed by atoms with Crippen molar-refractivity contribution in [2.75, 3.05) is 25.6 Å². The summed E-state index contributed by atoms with van der Waals surface area (Å²) in [6.45, 7) is 7.81. The normalized spacial score (nSPS) is 24.5. The van der Waals surface area contributed by atoms with Gasteiger partial charge in [-0.3, -0.25) is 13.9 Å². The first-order valence-electron chi connectivity index (χ1n) is 13.5. The number of hydrogen-bond donors (Lipinski definition) is 1. The van der Waals surface area contributed by atoms with Crippen molar-refractivity contribution in [3.8, 4) is 0 Å². The molecule has 42 heavy (non-hydrogen) atoms. The van der Waals surface area contributed by atoms with E-state index in [9.17, 15) is 18.9 Å². The van der Waals surface area contributed by atoms with Crippen molar-refractivity contribution in [3.05, 3.63) is 58.6 Å². The molecule has 2 aliphatic heterocycles. The standard InChI is InChI=1S/C27H36N3O11P/c1-7-36-42(34,37-8-2)25(39-24(32)19(35-6)17-12-10-9-11-13-17)22-20-21(41-27(4,5)40-20)23(38-22)30-15-14-18(28-16(3)31)29-26(30)33/h9-15,19-23,25H,7-8H2,1-6H3,(H,28,29,31,33)/t19-,20-,21+,22-,23+,25+/m0/s1. The van der Waals surface area contributed by atoms with E-state index < -0.39 is 67.4 Å². The van der Waals surface area contributed by atoms with Crippen LogP contribution in [0.25, 0.3) is 0 Å². The van der Waals surface area contributed by atoms with Gasteiger partial charge in [-0.05, 0) is 39.3 Å². The smallest absolute Gasteiger partial charge is 0.373 e. The van der Waals surface area contributed by atoms with Gasteiger partial charge in [0.1, 0.15) is 24.1 Å². The highest BCUT2D eigenvalue weighted by atomic mass is 31.2. The van der Waals surface area contributed by atoms with Crippen LogP contribution in [-0.4, -0.2) is 71.7 Å². The molecule has 1 aromatic heterocycles. The first-order valence-corrected chi connectivity index (χ1v) is 15.1. The highest BCUT2D eigenvalue weighted by molar-refractivity contribution is 7.54. The van der Waals surface area contributed by atoms with E-state index in [1.54, 1.807) is 58.0 Å². The average Bonchev–Trinajstić information content (AvgIpc) is 3.41. The number of methoxy groups -OCH3 is 1. The second-order valence-corrected chi connectivity index (χ2v) is 12.1. The van der Waals surface area contributed by atoms with Gasteiger partial charge in [0.05, 0.1) is 13.2 Å². The third-order valence-corrected chi connectivity index (χ3v) is 8.73. The van der Waals surface area contributed by atoms with Gasteiger partial charge in [0.25, 0.3) is 0 Å². The zero-order chi connectivity index (χ0) is 30.7. The molecule has 0 radical (unpaired) electrons. The largest absolute Gasteiger partial charge is 0.444 e. The molecule has 0 saturated carbocycles. The van der Waals surface area contributed by atoms with Crippen molar-refractivity contribution in [1.29, 1.82) is 0 Å². The summed E-state index contributed by atoms with van der Waals surface area (Å²) >= 11 is 0. The molecule has 1 aromatic carbocycles. The number of nitrogens with zero attached hydrogens (tertiary/aromatic N) is 2. The van der Waals surface area contributed by atoms with Crippen LogP contribution < -0.4 is 11.0 Å². The third-order valence-electron chi connectivity index (χ3n) is 6.47. The first-order chi connectivity index (χ1) is 19.9. The molecular formula is C27H36N3O11P. The Balaban J connectivity index is 1.75. The van der Waals surface area contributed by atoms with Gasteiger partial charge >= 0.3 is 19.3 Å². The highest BCUT2D eigenvalue weighted by Crippen LogP contribution is 2.59. The zero-order valence-electron chi connectivity index (χ0n) is 24.3. The summed E-state index contributed by atoms with van der Waals surface area (Å²) < 4.78 is 56.4. The maximum absolute atomic E-state index is 14.2. The molecule has 230 valence electrons. The summed E-state index contributed by atoms with van der Waals surface area (Å²) in [5.74, 6) is -3.99. The number of hydrogen-bond acceptors (Lipinski definition) is 12. The Morgan fingerprint density at radius 2 is 1.74 bits per heavy atom. The molecule has 2 aromatic rings. The van der Waals surface area contributed by atoms with Crippen molar-refractivity contribution in [3.63, 3.8) is 0 Å². The van der Waals surface area contributed by atoms with Crippen molar-refractivity contribution < 1.29 is 46.9 Å². The minimum absolute atomic E-state index is 0.0290. The third kappa shape index (κ3) is 6.81. The average molecular weight is 610 g/mol. The van der Waals surface area contributed by atoms with Crippen LogP contribution in [0.5, 0.6) is 0 Å². The van der Waals surface area contributed by atoms with Gasteiger partial charge in [0.15, 0.2) is 18.1 Å². The molecule has 2 fully saturated rings. The van der Waals surface area contributed by atoms with Gasteiger partial charge < -0.3 is 38.0 Å². The topological polar surface area (TPSA) is 163 Å². The summed E-state index contributed by atoms with van der Waals surface area (Å²) in [4.78, 5) is 41.9. The van der Waals surface area contributed by atoms with Crippen molar-refractivity contribution >= 4 is 25.3 Å². The van der Waals surface area contributed by atoms with E-state index in [1.807, 2.05) is 0 Å². The van der Waals surface area contributed by atoms with E-state index in [-0.39, 0.29) is 19.0 Å². The fourth-order valence-electron chi connectivity index (χ4n) is 4.95. The number of ether oxygens (including phenoxy) is 5. The molecule has 0 aliphatic carbocycles. The molecule has 14 nitrogen and oxygen atoms in total. The van der Waals surface area contributed by atoms with Crippen molar-refractivity contribution in [1.82, 2.24) is 9.55 Å². The second-order valence-electron chi connectivity index (χ2n) is 9.97. The zero-order valence-corrected chi connectivity index (χ0v) is 25.1. The lowest BCUT2D eigenvalue weighted by Gasteiger charge is -2.33. The summed E-state index contributed by atoms with van der Waals surface area (Å²) in [5.41, 5.74) is -0.248. The van der Waals surface area contributed by atoms with E-state index in [4.69, 9.17) is 32.7 Å². The molecule has 0 unspecified atom stereocenters. The predicted molar refractivity (Wildman–Crippen MR) is 147 cm³/mol. The summed E-state index contributed by atoms with van der Waals surface area (Å²) in [6.07, 6.45) is -4.09. The first kappa shape index (κ1) is 32.0. The van der Waals surface area contributed by atoms with Gasteiger partial charge in [-0.25, -0.2) is 9.59 Å². The summed E-state index contributed by atoms with van der Waals surface area (Å²) in [5, 5.41) is 2.45. The van der Waals surface area contributed by atoms with Gasteiger partial charge in [0, 0.05) is 20.2 Å². The van der Waals surface area contributed by atoms with Crippen molar-refractivity contribution in [2.45, 2.75) is 76.9 Å². The summed E-state index contributed by atoms with van der Waals surface area (Å²) in [7, 11) is -2.88. The van der Waals surface area contributed by atoms with Crippen LogP contribution >= 0.6 is 7.60 Å². The van der Waals surface area contributed by atoms with Crippen LogP contribution in [0.4, 0.5) is 5.82 Å². The Labute approximate surface area is 243 Å². The fraction of sp³-hybridized carbons (Fsp3) is 0.556. The van der Waals surface area contributed by atoms with E-state index in [2.05, 4.69) is 10.3 Å². The SMILES string of the molecule is CCOP(=O)(OCC)[C@@H](OC(=O)[C@@H](OC)c1ccccc1)[C@H]1O[C@@H](n2ccc(NC(C)=O)nc2=O)[C@@H]2OC(C)(C)O[C@@H]21. The number of amides is 1. The van der Waals surface area contributed by atoms with E-state index in [0.717, 1.165) is 4.57 Å². The lowest BCUT2D eigenvalue weighted by Crippen LogP contribution is -2.42. The molecule has 15 heteroatoms. The van der Waals surface area contributed by atoms with E-state index >= 15 is 0 Å². The predicted octanol–water partition coefficient (Wildman–Crippen LogP) is 3.14. The molecule has 2 saturated heterocycles. The van der Waals surface area contributed by atoms with Crippen LogP contribution in [-0.2, 0) is 46.9 Å². The van der Waals surface area contributed by atoms with Gasteiger partial charge in [-0.2, -0.15) is 4.98 Å². The number of carbonyl (C=O) groups excluding carboxylic acids is 2. The van der Waals surface area contributed by atoms with Crippen LogP contribution in [0.2, 0.25) is 0 Å². The minimum atomic E-state index is -4.23. The van der Waals surface area contributed by atoms with Crippen LogP contribution in [0.15, 0.2) is 47.4 Å². The number of carbonyl (C=O) groups is 2. The Bertz CT molecular complexity index is 1360. The molecule has 0 bridgehead atoms. The molecule has 6 atom stereocenters. The molecule has 4 rings (SSSR count). The number of aromatic nitrogens is 2. The van der Waals surface area contributed by atoms with Crippen molar-refractivity contribution in [2.24, 2.45) is 0 Å². The van der Waals surface area contributed by atoms with Crippen LogP contribution in [0.1, 0.15) is 52.5 Å². The quantitative estimate of drug-likeness (QED) is 0.277. The molecule has 1 N–H and O–H groups in total. The highest BCUT2D eigenvalue weighted by Gasteiger charge is 2.62. The minimum Gasteiger partial charge on any atom is -0.444 e. The lowest BCUT2D eigenvalue weighted by atomic mass is 10.1. The number of esters is 1. The Hall–Kier alpha value is -2.97. The second kappa shape index (κ2) is 13.1. The Morgan fingerprint density at radius 1 is 1.10 bits per heavy atom. The molecule has 2 aliphatic rings. The number of benzene rings is 1. The lowest BCUT2D eigenvalue weighted by molar-refractivity contribution is -0.208. The summed E-state index contributed by atoms with van der Waals surface area (Å²) in [6, 6.07) is 10.1. The number of nitrogens with one attached hydrogen (secondary N) is 1. The van der Waals surface area contributed by atoms with Gasteiger partial charge in [0.2, 0.25) is 11.8 Å². The fourth-order valence-corrected chi connectivity index (χ4v) is 6.87. The van der Waals surface area contributed by atoms with E-state index in [1.165, 1.54) is 26.3 Å². The molecular weight excluding hydrogens is 573 g/mol. The number of fused-ring (bicyclic) bond motifs is 1. The monoisotopic (exact) mass is 609 g/mol. The van der Waals surface area contributed by atoms with Gasteiger partial charge in [-0.15, -0.1) is 0 Å². The van der Waals surface area contributed by atoms with Crippen LogP contribution in [0, 0.1) is 0 Å². The number of rotatable bonds is 12. The maximum atomic E-state index is 14.2. The molecule has 1 amide bonds. The molecule has 0 spiro atoms. The number of anilines is 1. The Kier molecular flexibility index (Phi) is 9.99. The van der Waals surface area contributed by atoms with Gasteiger partial charge in [-0.1, -0.05) is 30.3 Å². The Morgan fingerprint density at radius 3 is 2.31 bits per heavy atom. The van der Waals surface area contributed by atoms with Crippen LogP contribution in [0.3, 0.4) is 0 Å².